The maximum atomic E-state index is 12.5. The highest BCUT2D eigenvalue weighted by Gasteiger charge is 2.41. The summed E-state index contributed by atoms with van der Waals surface area (Å²) in [7, 11) is 0. The molecule has 2 aromatic rings. The largest absolute Gasteiger partial charge is 0.320 e. The van der Waals surface area contributed by atoms with Crippen LogP contribution in [0.2, 0.25) is 0 Å². The Labute approximate surface area is 136 Å². The fraction of sp³-hybridized carbons (Fsp3) is 0.176. The van der Waals surface area contributed by atoms with E-state index in [1.165, 1.54) is 4.88 Å². The van der Waals surface area contributed by atoms with Crippen LogP contribution in [0.5, 0.6) is 0 Å². The Bertz CT molecular complexity index is 821. The third-order valence-corrected chi connectivity index (χ3v) is 5.99. The second-order valence-electron chi connectivity index (χ2n) is 5.48. The van der Waals surface area contributed by atoms with Crippen LogP contribution in [0, 0.1) is 13.8 Å². The molecule has 1 aliphatic carbocycles. The molecular formula is C17H13NO2S2. The Morgan fingerprint density at radius 1 is 0.909 bits per heavy atom. The number of nitrogens with one attached hydrogen (secondary N) is 1. The summed E-state index contributed by atoms with van der Waals surface area (Å²) in [6, 6.07) is 7.99. The van der Waals surface area contributed by atoms with E-state index in [2.05, 4.69) is 5.32 Å². The van der Waals surface area contributed by atoms with E-state index in [1.54, 1.807) is 22.7 Å². The van der Waals surface area contributed by atoms with Gasteiger partial charge in [-0.25, -0.2) is 0 Å². The van der Waals surface area contributed by atoms with E-state index in [1.807, 2.05) is 38.1 Å². The second-order valence-corrected chi connectivity index (χ2v) is 8.05. The summed E-state index contributed by atoms with van der Waals surface area (Å²) in [6.07, 6.45) is 0.325. The van der Waals surface area contributed by atoms with Crippen LogP contribution in [-0.2, 0) is 9.59 Å². The van der Waals surface area contributed by atoms with Crippen LogP contribution in [0.25, 0.3) is 11.3 Å². The summed E-state index contributed by atoms with van der Waals surface area (Å²) in [4.78, 5) is 29.2. The van der Waals surface area contributed by atoms with Gasteiger partial charge in [-0.2, -0.15) is 0 Å². The fourth-order valence-corrected chi connectivity index (χ4v) is 4.73. The number of amides is 1. The van der Waals surface area contributed by atoms with E-state index >= 15 is 0 Å². The molecule has 0 saturated carbocycles. The highest BCUT2D eigenvalue weighted by molar-refractivity contribution is 7.13. The standard InChI is InChI=1S/C17H13NO2S2/c1-8-3-5-12(21-8)10-7-11(19)15-14(10)17(20)18-16(15)13-6-4-9(2)22-13/h3-6H,7H2,1-2H3,(H,18,20). The molecular weight excluding hydrogens is 314 g/mol. The molecule has 1 amide bonds. The van der Waals surface area contributed by atoms with Crippen molar-refractivity contribution in [3.63, 3.8) is 0 Å². The van der Waals surface area contributed by atoms with Crippen molar-refractivity contribution in [3.8, 4) is 0 Å². The van der Waals surface area contributed by atoms with Crippen molar-refractivity contribution in [2.75, 3.05) is 0 Å². The predicted octanol–water partition coefficient (Wildman–Crippen LogP) is 3.69. The number of carbonyl (C=O) groups is 2. The summed E-state index contributed by atoms with van der Waals surface area (Å²) >= 11 is 3.22. The molecule has 2 aliphatic rings. The molecule has 22 heavy (non-hydrogen) atoms. The first-order valence-corrected chi connectivity index (χ1v) is 8.64. The smallest absolute Gasteiger partial charge is 0.256 e. The number of hydrogen-bond donors (Lipinski definition) is 1. The van der Waals surface area contributed by atoms with Crippen LogP contribution < -0.4 is 5.32 Å². The third kappa shape index (κ3) is 1.93. The van der Waals surface area contributed by atoms with Crippen molar-refractivity contribution in [2.45, 2.75) is 20.3 Å². The minimum Gasteiger partial charge on any atom is -0.320 e. The first-order valence-electron chi connectivity index (χ1n) is 7.00. The van der Waals surface area contributed by atoms with Gasteiger partial charge in [0.15, 0.2) is 5.78 Å². The van der Waals surface area contributed by atoms with Gasteiger partial charge < -0.3 is 5.32 Å². The lowest BCUT2D eigenvalue weighted by molar-refractivity contribution is -0.116. The van der Waals surface area contributed by atoms with Crippen molar-refractivity contribution < 1.29 is 9.59 Å². The first kappa shape index (κ1) is 13.7. The van der Waals surface area contributed by atoms with Gasteiger partial charge >= 0.3 is 0 Å². The normalized spacial score (nSPS) is 17.5. The number of aryl methyl sites for hydroxylation is 2. The highest BCUT2D eigenvalue weighted by atomic mass is 32.1. The van der Waals surface area contributed by atoms with Crippen molar-refractivity contribution in [2.24, 2.45) is 0 Å². The van der Waals surface area contributed by atoms with E-state index in [9.17, 15) is 9.59 Å². The molecule has 0 unspecified atom stereocenters. The van der Waals surface area contributed by atoms with E-state index in [0.717, 1.165) is 20.2 Å². The SMILES string of the molecule is Cc1ccc(C2=C3C(=O)NC(c4ccc(C)s4)=C3C(=O)C2)s1. The first-order chi connectivity index (χ1) is 10.5. The monoisotopic (exact) mass is 327 g/mol. The molecule has 3 heterocycles. The molecule has 1 N–H and O–H groups in total. The quantitative estimate of drug-likeness (QED) is 0.914. The van der Waals surface area contributed by atoms with Gasteiger partial charge in [0.1, 0.15) is 0 Å². The number of hydrogen-bond acceptors (Lipinski definition) is 4. The van der Waals surface area contributed by atoms with Crippen molar-refractivity contribution in [1.29, 1.82) is 0 Å². The second kappa shape index (κ2) is 4.76. The molecule has 5 heteroatoms. The number of thiophene rings is 2. The summed E-state index contributed by atoms with van der Waals surface area (Å²) in [5.74, 6) is -0.113. The molecule has 0 saturated heterocycles. The number of rotatable bonds is 2. The Morgan fingerprint density at radius 2 is 1.55 bits per heavy atom. The van der Waals surface area contributed by atoms with Gasteiger partial charge in [0.2, 0.25) is 0 Å². The molecule has 4 rings (SSSR count). The Balaban J connectivity index is 1.91. The van der Waals surface area contributed by atoms with Crippen molar-refractivity contribution in [1.82, 2.24) is 5.32 Å². The van der Waals surface area contributed by atoms with Crippen LogP contribution in [0.4, 0.5) is 0 Å². The number of carbonyl (C=O) groups excluding carboxylic acids is 2. The molecule has 0 radical (unpaired) electrons. The summed E-state index contributed by atoms with van der Waals surface area (Å²) < 4.78 is 0. The van der Waals surface area contributed by atoms with Crippen molar-refractivity contribution >= 4 is 45.6 Å². The number of fused-ring (bicyclic) bond motifs is 1. The molecule has 1 aliphatic heterocycles. The fourth-order valence-electron chi connectivity index (χ4n) is 2.94. The van der Waals surface area contributed by atoms with Crippen LogP contribution in [0.15, 0.2) is 35.4 Å². The topological polar surface area (TPSA) is 46.2 Å². The Morgan fingerprint density at radius 3 is 2.14 bits per heavy atom. The van der Waals surface area contributed by atoms with Crippen molar-refractivity contribution in [3.05, 3.63) is 54.9 Å². The third-order valence-electron chi connectivity index (χ3n) is 3.91. The summed E-state index contributed by atoms with van der Waals surface area (Å²) in [5, 5.41) is 2.90. The van der Waals surface area contributed by atoms with Gasteiger partial charge in [-0.3, -0.25) is 9.59 Å². The molecule has 3 nitrogen and oxygen atoms in total. The van der Waals surface area contributed by atoms with E-state index in [4.69, 9.17) is 0 Å². The average Bonchev–Trinajstić information content (AvgIpc) is 3.19. The van der Waals surface area contributed by atoms with Gasteiger partial charge in [0.05, 0.1) is 21.7 Å². The number of allylic oxidation sites excluding steroid dienone is 1. The van der Waals surface area contributed by atoms with Crippen LogP contribution in [-0.4, -0.2) is 11.7 Å². The zero-order valence-electron chi connectivity index (χ0n) is 12.1. The maximum absolute atomic E-state index is 12.5. The molecule has 0 spiro atoms. The summed E-state index contributed by atoms with van der Waals surface area (Å²) in [6.45, 7) is 4.05. The van der Waals surface area contributed by atoms with Gasteiger partial charge in [0, 0.05) is 21.1 Å². The van der Waals surface area contributed by atoms with Gasteiger partial charge in [-0.15, -0.1) is 22.7 Å². The number of Topliss-reactive ketones (excluding diaryl/α,β-unsaturated/α-hetero) is 1. The minimum absolute atomic E-state index is 0.0375. The summed E-state index contributed by atoms with van der Waals surface area (Å²) in [5.41, 5.74) is 2.71. The Hall–Kier alpha value is -1.98. The molecule has 0 bridgehead atoms. The highest BCUT2D eigenvalue weighted by Crippen LogP contribution is 2.44. The average molecular weight is 327 g/mol. The molecule has 0 fully saturated rings. The van der Waals surface area contributed by atoms with Gasteiger partial charge in [-0.1, -0.05) is 0 Å². The van der Waals surface area contributed by atoms with Crippen LogP contribution >= 0.6 is 22.7 Å². The zero-order chi connectivity index (χ0) is 15.4. The molecule has 2 aromatic heterocycles. The molecule has 0 atom stereocenters. The van der Waals surface area contributed by atoms with Crippen LogP contribution in [0.1, 0.15) is 25.9 Å². The lowest BCUT2D eigenvalue weighted by atomic mass is 10.1. The lowest BCUT2D eigenvalue weighted by Crippen LogP contribution is -2.16. The van der Waals surface area contributed by atoms with E-state index in [0.29, 0.717) is 23.3 Å². The zero-order valence-corrected chi connectivity index (χ0v) is 13.8. The molecule has 0 aromatic carbocycles. The van der Waals surface area contributed by atoms with E-state index < -0.39 is 0 Å². The maximum Gasteiger partial charge on any atom is 0.256 e. The number of ketones is 1. The van der Waals surface area contributed by atoms with Crippen LogP contribution in [0.3, 0.4) is 0 Å². The minimum atomic E-state index is -0.150. The Kier molecular flexibility index (Phi) is 2.96. The van der Waals surface area contributed by atoms with Gasteiger partial charge in [0.25, 0.3) is 5.91 Å². The van der Waals surface area contributed by atoms with Gasteiger partial charge in [-0.05, 0) is 43.7 Å². The molecule has 110 valence electrons. The van der Waals surface area contributed by atoms with E-state index in [-0.39, 0.29) is 11.7 Å². The predicted molar refractivity (Wildman–Crippen MR) is 89.7 cm³/mol. The lowest BCUT2D eigenvalue weighted by Gasteiger charge is -2.02.